The molecule has 0 saturated carbocycles. The smallest absolute Gasteiger partial charge is 0.321 e. The minimum absolute atomic E-state index is 0.247. The number of aliphatic hydroxyl groups is 2. The lowest BCUT2D eigenvalue weighted by molar-refractivity contribution is -0.0227. The zero-order chi connectivity index (χ0) is 17.8. The highest BCUT2D eigenvalue weighted by molar-refractivity contribution is 7.15. The minimum atomic E-state index is -0.729. The van der Waals surface area contributed by atoms with Gasteiger partial charge in [0.25, 0.3) is 0 Å². The Labute approximate surface area is 148 Å². The Kier molecular flexibility index (Phi) is 5.59. The monoisotopic (exact) mass is 364 g/mol. The predicted octanol–water partition coefficient (Wildman–Crippen LogP) is 1.35. The van der Waals surface area contributed by atoms with Crippen molar-refractivity contribution < 1.29 is 19.7 Å². The quantitative estimate of drug-likeness (QED) is 0.636. The molecule has 0 unspecified atom stereocenters. The first-order valence-electron chi connectivity index (χ1n) is 7.93. The highest BCUT2D eigenvalue weighted by atomic mass is 32.1. The second-order valence-electron chi connectivity index (χ2n) is 5.89. The number of aromatic nitrogens is 2. The Morgan fingerprint density at radius 2 is 2.28 bits per heavy atom. The molecule has 9 heteroatoms. The van der Waals surface area contributed by atoms with E-state index in [0.717, 1.165) is 11.1 Å². The van der Waals surface area contributed by atoms with E-state index >= 15 is 0 Å². The van der Waals surface area contributed by atoms with Crippen molar-refractivity contribution in [3.63, 3.8) is 0 Å². The number of nitrogens with zero attached hydrogens (tertiary/aromatic N) is 2. The number of nitrogens with one attached hydrogen (secondary N) is 2. The van der Waals surface area contributed by atoms with Crippen LogP contribution in [0.2, 0.25) is 0 Å². The van der Waals surface area contributed by atoms with Crippen molar-refractivity contribution in [1.29, 1.82) is 0 Å². The molecule has 0 radical (unpaired) electrons. The third-order valence-electron chi connectivity index (χ3n) is 3.88. The third-order valence-corrected chi connectivity index (χ3v) is 4.81. The van der Waals surface area contributed by atoms with Crippen molar-refractivity contribution >= 4 is 22.5 Å². The number of aryl methyl sites for hydroxylation is 1. The molecule has 3 rings (SSSR count). The van der Waals surface area contributed by atoms with Crippen LogP contribution in [0.3, 0.4) is 0 Å². The molecule has 1 aromatic heterocycles. The normalized spacial score (nSPS) is 22.8. The van der Waals surface area contributed by atoms with Gasteiger partial charge in [0.15, 0.2) is 0 Å². The van der Waals surface area contributed by atoms with E-state index in [4.69, 9.17) is 9.84 Å². The Balaban J connectivity index is 1.52. The summed E-state index contributed by atoms with van der Waals surface area (Å²) in [5.74, 6) is 0. The first-order chi connectivity index (χ1) is 12.0. The summed E-state index contributed by atoms with van der Waals surface area (Å²) >= 11 is 1.19. The zero-order valence-corrected chi connectivity index (χ0v) is 14.5. The van der Waals surface area contributed by atoms with Gasteiger partial charge in [-0.05, 0) is 12.5 Å². The first kappa shape index (κ1) is 17.7. The van der Waals surface area contributed by atoms with Gasteiger partial charge in [0.05, 0.1) is 12.7 Å². The number of amides is 2. The molecule has 1 aliphatic rings. The zero-order valence-electron chi connectivity index (χ0n) is 13.7. The Hall–Kier alpha value is -2.07. The van der Waals surface area contributed by atoms with Crippen molar-refractivity contribution in [2.45, 2.75) is 38.2 Å². The molecule has 134 valence electrons. The maximum atomic E-state index is 12.0. The topological polar surface area (TPSA) is 117 Å². The Bertz CT molecular complexity index is 738. The van der Waals surface area contributed by atoms with Gasteiger partial charge in [-0.1, -0.05) is 41.2 Å². The van der Waals surface area contributed by atoms with Crippen LogP contribution in [0.4, 0.5) is 9.93 Å². The molecule has 1 aliphatic heterocycles. The molecule has 0 bridgehead atoms. The summed E-state index contributed by atoms with van der Waals surface area (Å²) < 4.78 is 5.52. The molecule has 25 heavy (non-hydrogen) atoms. The summed E-state index contributed by atoms with van der Waals surface area (Å²) in [6.45, 7) is 2.16. The summed E-state index contributed by atoms with van der Waals surface area (Å²) in [6, 6.07) is 7.51. The van der Waals surface area contributed by atoms with E-state index in [9.17, 15) is 9.90 Å². The standard InChI is InChI=1S/C16H20N4O4S/c1-9-3-2-4-10(5-9)7-17-15(23)18-16-20-19-14(25-16)12-6-11(22)13(8-21)24-12/h2-5,11-13,21-22H,6-8H2,1H3,(H2,17,18,20,23)/t11-,12-,13+/m0/s1. The van der Waals surface area contributed by atoms with Crippen molar-refractivity contribution in [1.82, 2.24) is 15.5 Å². The number of anilines is 1. The summed E-state index contributed by atoms with van der Waals surface area (Å²) in [6.07, 6.45) is -1.41. The number of carbonyl (C=O) groups excluding carboxylic acids is 1. The number of ether oxygens (including phenoxy) is 1. The number of rotatable bonds is 5. The summed E-state index contributed by atoms with van der Waals surface area (Å²) in [7, 11) is 0. The summed E-state index contributed by atoms with van der Waals surface area (Å²) in [4.78, 5) is 12.0. The van der Waals surface area contributed by atoms with Gasteiger partial charge in [-0.3, -0.25) is 5.32 Å². The number of aliphatic hydroxyl groups excluding tert-OH is 2. The van der Waals surface area contributed by atoms with Gasteiger partial charge in [0.2, 0.25) is 5.13 Å². The molecule has 2 heterocycles. The van der Waals surface area contributed by atoms with Crippen LogP contribution in [0.15, 0.2) is 24.3 Å². The van der Waals surface area contributed by atoms with E-state index in [2.05, 4.69) is 20.8 Å². The molecular formula is C16H20N4O4S. The number of hydrogen-bond donors (Lipinski definition) is 4. The molecule has 2 aromatic rings. The number of carbonyl (C=O) groups is 1. The van der Waals surface area contributed by atoms with Crippen molar-refractivity contribution in [3.05, 3.63) is 40.4 Å². The molecule has 1 saturated heterocycles. The second kappa shape index (κ2) is 7.87. The second-order valence-corrected chi connectivity index (χ2v) is 6.90. The summed E-state index contributed by atoms with van der Waals surface area (Å²) in [5.41, 5.74) is 2.14. The fraction of sp³-hybridized carbons (Fsp3) is 0.438. The SMILES string of the molecule is Cc1cccc(CNC(=O)Nc2nnc([C@@H]3C[C@H](O)[C@@H](CO)O3)s2)c1. The minimum Gasteiger partial charge on any atom is -0.394 e. The molecule has 2 amide bonds. The van der Waals surface area contributed by atoms with E-state index in [1.807, 2.05) is 31.2 Å². The van der Waals surface area contributed by atoms with Crippen LogP contribution < -0.4 is 10.6 Å². The van der Waals surface area contributed by atoms with E-state index < -0.39 is 18.3 Å². The van der Waals surface area contributed by atoms with Gasteiger partial charge >= 0.3 is 6.03 Å². The van der Waals surface area contributed by atoms with Gasteiger partial charge < -0.3 is 20.3 Å². The number of hydrogen-bond acceptors (Lipinski definition) is 7. The van der Waals surface area contributed by atoms with Crippen LogP contribution in [-0.4, -0.2) is 45.3 Å². The van der Waals surface area contributed by atoms with Crippen molar-refractivity contribution in [2.24, 2.45) is 0 Å². The van der Waals surface area contributed by atoms with Crippen molar-refractivity contribution in [2.75, 3.05) is 11.9 Å². The molecule has 3 atom stereocenters. The van der Waals surface area contributed by atoms with E-state index in [1.54, 1.807) is 0 Å². The van der Waals surface area contributed by atoms with Crippen LogP contribution in [-0.2, 0) is 11.3 Å². The van der Waals surface area contributed by atoms with Gasteiger partial charge in [0, 0.05) is 13.0 Å². The van der Waals surface area contributed by atoms with Crippen LogP contribution in [0.1, 0.15) is 28.7 Å². The molecule has 0 aliphatic carbocycles. The van der Waals surface area contributed by atoms with Crippen LogP contribution in [0, 0.1) is 6.92 Å². The Morgan fingerprint density at radius 1 is 1.44 bits per heavy atom. The largest absolute Gasteiger partial charge is 0.394 e. The lowest BCUT2D eigenvalue weighted by Gasteiger charge is -2.09. The van der Waals surface area contributed by atoms with Crippen LogP contribution in [0.5, 0.6) is 0 Å². The maximum Gasteiger partial charge on any atom is 0.321 e. The third kappa shape index (κ3) is 4.51. The average Bonchev–Trinajstić information content (AvgIpc) is 3.19. The van der Waals surface area contributed by atoms with Gasteiger partial charge in [0.1, 0.15) is 17.2 Å². The summed E-state index contributed by atoms with van der Waals surface area (Å²) in [5, 5.41) is 33.1. The van der Waals surface area contributed by atoms with E-state index in [1.165, 1.54) is 11.3 Å². The number of urea groups is 1. The fourth-order valence-electron chi connectivity index (χ4n) is 2.61. The van der Waals surface area contributed by atoms with E-state index in [-0.39, 0.29) is 12.6 Å². The van der Waals surface area contributed by atoms with Crippen LogP contribution in [0.25, 0.3) is 0 Å². The lowest BCUT2D eigenvalue weighted by Crippen LogP contribution is -2.28. The molecule has 1 aromatic carbocycles. The Morgan fingerprint density at radius 3 is 3.00 bits per heavy atom. The molecule has 4 N–H and O–H groups in total. The maximum absolute atomic E-state index is 12.0. The highest BCUT2D eigenvalue weighted by Crippen LogP contribution is 2.35. The molecule has 0 spiro atoms. The molecular weight excluding hydrogens is 344 g/mol. The van der Waals surface area contributed by atoms with Gasteiger partial charge in [-0.2, -0.15) is 0 Å². The lowest BCUT2D eigenvalue weighted by atomic mass is 10.1. The average molecular weight is 364 g/mol. The van der Waals surface area contributed by atoms with E-state index in [0.29, 0.717) is 23.1 Å². The fourth-order valence-corrected chi connectivity index (χ4v) is 3.40. The van der Waals surface area contributed by atoms with Gasteiger partial charge in [-0.15, -0.1) is 10.2 Å². The first-order valence-corrected chi connectivity index (χ1v) is 8.75. The number of benzene rings is 1. The van der Waals surface area contributed by atoms with Crippen LogP contribution >= 0.6 is 11.3 Å². The predicted molar refractivity (Wildman–Crippen MR) is 92.3 cm³/mol. The van der Waals surface area contributed by atoms with Gasteiger partial charge in [-0.25, -0.2) is 4.79 Å². The van der Waals surface area contributed by atoms with Crippen molar-refractivity contribution in [3.8, 4) is 0 Å². The molecule has 8 nitrogen and oxygen atoms in total. The highest BCUT2D eigenvalue weighted by Gasteiger charge is 2.36. The molecule has 1 fully saturated rings.